The topological polar surface area (TPSA) is 76.1 Å². The number of aliphatic hydroxyl groups is 1. The van der Waals surface area contributed by atoms with Crippen molar-refractivity contribution in [2.45, 2.75) is 39.2 Å². The van der Waals surface area contributed by atoms with E-state index in [9.17, 15) is 14.7 Å². The molecule has 0 radical (unpaired) electrons. The van der Waals surface area contributed by atoms with Crippen LogP contribution in [-0.4, -0.2) is 42.5 Å². The Morgan fingerprint density at radius 2 is 1.88 bits per heavy atom. The maximum atomic E-state index is 12.5. The molecule has 0 bridgehead atoms. The van der Waals surface area contributed by atoms with E-state index in [2.05, 4.69) is 0 Å². The summed E-state index contributed by atoms with van der Waals surface area (Å²) in [6.45, 7) is 4.21. The van der Waals surface area contributed by atoms with Crippen molar-refractivity contribution in [1.82, 2.24) is 4.90 Å². The number of rotatable bonds is 8. The molecule has 1 aromatic carbocycles. The molecule has 1 aromatic rings. The largest absolute Gasteiger partial charge is 0.503 e. The molecule has 1 N–H and O–H groups in total. The second-order valence-electron chi connectivity index (χ2n) is 5.91. The molecule has 1 heterocycles. The average Bonchev–Trinajstić information content (AvgIpc) is 2.89. The van der Waals surface area contributed by atoms with Gasteiger partial charge >= 0.3 is 0 Å². The van der Waals surface area contributed by atoms with Gasteiger partial charge in [-0.3, -0.25) is 9.59 Å². The van der Waals surface area contributed by atoms with Crippen LogP contribution in [0.2, 0.25) is 0 Å². The highest BCUT2D eigenvalue weighted by atomic mass is 16.5. The van der Waals surface area contributed by atoms with Gasteiger partial charge in [-0.15, -0.1) is 0 Å². The van der Waals surface area contributed by atoms with Crippen LogP contribution >= 0.6 is 0 Å². The Balaban J connectivity index is 2.54. The molecular formula is C19H25NO5. The van der Waals surface area contributed by atoms with Crippen LogP contribution in [0.3, 0.4) is 0 Å². The first kappa shape index (κ1) is 18.8. The predicted octanol–water partition coefficient (Wildman–Crippen LogP) is 3.18. The van der Waals surface area contributed by atoms with Gasteiger partial charge in [0.1, 0.15) is 0 Å². The van der Waals surface area contributed by atoms with Gasteiger partial charge in [0.25, 0.3) is 5.91 Å². The predicted molar refractivity (Wildman–Crippen MR) is 93.9 cm³/mol. The van der Waals surface area contributed by atoms with Crippen LogP contribution in [0.1, 0.15) is 44.7 Å². The Morgan fingerprint density at radius 3 is 2.44 bits per heavy atom. The molecular weight excluding hydrogens is 322 g/mol. The summed E-state index contributed by atoms with van der Waals surface area (Å²) < 4.78 is 10.6. The number of aliphatic hydroxyl groups excluding tert-OH is 1. The fourth-order valence-electron chi connectivity index (χ4n) is 3.06. The van der Waals surface area contributed by atoms with Gasteiger partial charge in [0.2, 0.25) is 0 Å². The smallest absolute Gasteiger partial charge is 0.290 e. The molecule has 1 unspecified atom stereocenters. The first-order chi connectivity index (χ1) is 12.0. The average molecular weight is 347 g/mol. The number of benzene rings is 1. The van der Waals surface area contributed by atoms with Crippen LogP contribution in [-0.2, 0) is 9.59 Å². The number of hydrogen-bond acceptors (Lipinski definition) is 5. The van der Waals surface area contributed by atoms with E-state index in [1.54, 1.807) is 37.1 Å². The Kier molecular flexibility index (Phi) is 6.07. The third-order valence-electron chi connectivity index (χ3n) is 4.40. The molecule has 1 aliphatic rings. The summed E-state index contributed by atoms with van der Waals surface area (Å²) in [5.41, 5.74) is 0.874. The second-order valence-corrected chi connectivity index (χ2v) is 5.91. The normalized spacial score (nSPS) is 17.2. The van der Waals surface area contributed by atoms with Crippen LogP contribution in [0.15, 0.2) is 29.5 Å². The van der Waals surface area contributed by atoms with Crippen molar-refractivity contribution < 1.29 is 24.2 Å². The van der Waals surface area contributed by atoms with Crippen molar-refractivity contribution in [2.75, 3.05) is 20.8 Å². The first-order valence-electron chi connectivity index (χ1n) is 8.49. The van der Waals surface area contributed by atoms with E-state index in [1.807, 2.05) is 6.92 Å². The van der Waals surface area contributed by atoms with E-state index in [0.717, 1.165) is 12.8 Å². The Hall–Kier alpha value is -2.50. The minimum Gasteiger partial charge on any atom is -0.503 e. The standard InChI is InChI=1S/C19H25NO5/c1-5-7-10-20-17(16(13(21)6-2)18(22)19(20)23)12-8-9-14(24-3)15(11-12)25-4/h8-9,11,17,22H,5-7,10H2,1-4H3. The molecule has 6 heteroatoms. The van der Waals surface area contributed by atoms with E-state index in [4.69, 9.17) is 9.47 Å². The van der Waals surface area contributed by atoms with Crippen molar-refractivity contribution in [3.63, 3.8) is 0 Å². The van der Waals surface area contributed by atoms with E-state index in [0.29, 0.717) is 23.6 Å². The van der Waals surface area contributed by atoms with Gasteiger partial charge in [-0.2, -0.15) is 0 Å². The molecule has 0 fully saturated rings. The van der Waals surface area contributed by atoms with Crippen molar-refractivity contribution in [3.05, 3.63) is 35.1 Å². The maximum Gasteiger partial charge on any atom is 0.290 e. The molecule has 0 aromatic heterocycles. The second kappa shape index (κ2) is 8.05. The maximum absolute atomic E-state index is 12.5. The number of unbranched alkanes of at least 4 members (excludes halogenated alkanes) is 1. The highest BCUT2D eigenvalue weighted by molar-refractivity contribution is 6.08. The van der Waals surface area contributed by atoms with Crippen LogP contribution in [0, 0.1) is 0 Å². The van der Waals surface area contributed by atoms with E-state index >= 15 is 0 Å². The fourth-order valence-corrected chi connectivity index (χ4v) is 3.06. The number of hydrogen-bond donors (Lipinski definition) is 1. The molecule has 0 saturated heterocycles. The lowest BCUT2D eigenvalue weighted by Gasteiger charge is -2.27. The summed E-state index contributed by atoms with van der Waals surface area (Å²) >= 11 is 0. The fraction of sp³-hybridized carbons (Fsp3) is 0.474. The zero-order valence-electron chi connectivity index (χ0n) is 15.2. The summed E-state index contributed by atoms with van der Waals surface area (Å²) in [5.74, 6) is -0.0952. The number of nitrogens with zero attached hydrogens (tertiary/aromatic N) is 1. The number of Topliss-reactive ketones (excluding diaryl/α,β-unsaturated/α-hetero) is 1. The van der Waals surface area contributed by atoms with Crippen molar-refractivity contribution in [2.24, 2.45) is 0 Å². The molecule has 0 spiro atoms. The Morgan fingerprint density at radius 1 is 1.20 bits per heavy atom. The third-order valence-corrected chi connectivity index (χ3v) is 4.40. The van der Waals surface area contributed by atoms with Gasteiger partial charge in [-0.1, -0.05) is 26.3 Å². The molecule has 136 valence electrons. The van der Waals surface area contributed by atoms with Gasteiger partial charge in [0.05, 0.1) is 25.8 Å². The van der Waals surface area contributed by atoms with Crippen LogP contribution in [0.5, 0.6) is 11.5 Å². The summed E-state index contributed by atoms with van der Waals surface area (Å²) in [6, 6.07) is 4.67. The van der Waals surface area contributed by atoms with Crippen molar-refractivity contribution in [3.8, 4) is 11.5 Å². The van der Waals surface area contributed by atoms with Crippen LogP contribution in [0.25, 0.3) is 0 Å². The quantitative estimate of drug-likeness (QED) is 0.782. The zero-order chi connectivity index (χ0) is 18.6. The highest BCUT2D eigenvalue weighted by Crippen LogP contribution is 2.41. The first-order valence-corrected chi connectivity index (χ1v) is 8.49. The number of methoxy groups -OCH3 is 2. The Bertz CT molecular complexity index is 695. The number of amides is 1. The highest BCUT2D eigenvalue weighted by Gasteiger charge is 2.42. The molecule has 0 aliphatic carbocycles. The van der Waals surface area contributed by atoms with Crippen molar-refractivity contribution >= 4 is 11.7 Å². The SMILES string of the molecule is CCCCN1C(=O)C(O)=C(C(=O)CC)C1c1ccc(OC)c(OC)c1. The van der Waals surface area contributed by atoms with Gasteiger partial charge in [-0.25, -0.2) is 0 Å². The van der Waals surface area contributed by atoms with Gasteiger partial charge < -0.3 is 19.5 Å². The molecule has 1 aliphatic heterocycles. The summed E-state index contributed by atoms with van der Waals surface area (Å²) in [4.78, 5) is 26.5. The number of ether oxygens (including phenoxy) is 2. The summed E-state index contributed by atoms with van der Waals surface area (Å²) in [6.07, 6.45) is 1.91. The van der Waals surface area contributed by atoms with Gasteiger partial charge in [0, 0.05) is 13.0 Å². The minimum absolute atomic E-state index is 0.163. The molecule has 1 amide bonds. The van der Waals surface area contributed by atoms with Crippen LogP contribution in [0.4, 0.5) is 0 Å². The van der Waals surface area contributed by atoms with Crippen molar-refractivity contribution in [1.29, 1.82) is 0 Å². The Labute approximate surface area is 148 Å². The monoisotopic (exact) mass is 347 g/mol. The number of ketones is 1. The zero-order valence-corrected chi connectivity index (χ0v) is 15.2. The molecule has 25 heavy (non-hydrogen) atoms. The lowest BCUT2D eigenvalue weighted by molar-refractivity contribution is -0.129. The van der Waals surface area contributed by atoms with E-state index < -0.39 is 17.7 Å². The number of carbonyl (C=O) groups is 2. The summed E-state index contributed by atoms with van der Waals surface area (Å²) in [5, 5.41) is 10.3. The van der Waals surface area contributed by atoms with E-state index in [-0.39, 0.29) is 17.8 Å². The lowest BCUT2D eigenvalue weighted by atomic mass is 9.94. The van der Waals surface area contributed by atoms with Gasteiger partial charge in [0.15, 0.2) is 23.0 Å². The minimum atomic E-state index is -0.605. The lowest BCUT2D eigenvalue weighted by Crippen LogP contribution is -2.32. The molecule has 6 nitrogen and oxygen atoms in total. The molecule has 2 rings (SSSR count). The van der Waals surface area contributed by atoms with Gasteiger partial charge in [-0.05, 0) is 24.1 Å². The van der Waals surface area contributed by atoms with E-state index in [1.165, 1.54) is 7.11 Å². The number of carbonyl (C=O) groups excluding carboxylic acids is 2. The van der Waals surface area contributed by atoms with Crippen LogP contribution < -0.4 is 9.47 Å². The summed E-state index contributed by atoms with van der Waals surface area (Å²) in [7, 11) is 3.07. The molecule has 0 saturated carbocycles. The molecule has 1 atom stereocenters. The third kappa shape index (κ3) is 3.48.